The van der Waals surface area contributed by atoms with Crippen molar-refractivity contribution in [3.8, 4) is 0 Å². The van der Waals surface area contributed by atoms with Gasteiger partial charge in [0.2, 0.25) is 0 Å². The van der Waals surface area contributed by atoms with Gasteiger partial charge in [0.1, 0.15) is 5.78 Å². The zero-order chi connectivity index (χ0) is 11.6. The average molecular weight is 210 g/mol. The van der Waals surface area contributed by atoms with Gasteiger partial charge in [-0.2, -0.15) is 0 Å². The van der Waals surface area contributed by atoms with Crippen LogP contribution in [0, 0.1) is 17.3 Å². The molecule has 0 spiro atoms. The van der Waals surface area contributed by atoms with Crippen LogP contribution in [-0.4, -0.2) is 17.0 Å². The van der Waals surface area contributed by atoms with Crippen molar-refractivity contribution in [1.29, 1.82) is 0 Å². The lowest BCUT2D eigenvalue weighted by molar-refractivity contribution is -0.126. The van der Waals surface area contributed by atoms with Crippen molar-refractivity contribution in [2.24, 2.45) is 17.3 Å². The van der Waals surface area contributed by atoms with E-state index in [9.17, 15) is 9.90 Å². The summed E-state index contributed by atoms with van der Waals surface area (Å²) >= 11 is 0. The topological polar surface area (TPSA) is 37.3 Å². The van der Waals surface area contributed by atoms with Crippen LogP contribution in [0.5, 0.6) is 0 Å². The van der Waals surface area contributed by atoms with E-state index in [4.69, 9.17) is 0 Å². The summed E-state index contributed by atoms with van der Waals surface area (Å²) in [6.45, 7) is 8.15. The van der Waals surface area contributed by atoms with Crippen LogP contribution in [0.1, 0.15) is 40.5 Å². The molecule has 15 heavy (non-hydrogen) atoms. The largest absolute Gasteiger partial charge is 0.389 e. The minimum atomic E-state index is -0.398. The molecule has 1 N–H and O–H groups in total. The second-order valence-corrected chi connectivity index (χ2v) is 5.54. The Morgan fingerprint density at radius 1 is 1.53 bits per heavy atom. The Morgan fingerprint density at radius 2 is 2.13 bits per heavy atom. The van der Waals surface area contributed by atoms with Crippen molar-refractivity contribution in [2.45, 2.75) is 46.6 Å². The first-order valence-corrected chi connectivity index (χ1v) is 5.71. The number of rotatable bonds is 2. The average Bonchev–Trinajstić information content (AvgIpc) is 1.98. The molecule has 1 rings (SSSR count). The fourth-order valence-corrected chi connectivity index (χ4v) is 2.69. The van der Waals surface area contributed by atoms with E-state index >= 15 is 0 Å². The Labute approximate surface area is 92.4 Å². The number of aliphatic hydroxyl groups excluding tert-OH is 1. The molecule has 1 fully saturated rings. The highest BCUT2D eigenvalue weighted by atomic mass is 16.3. The zero-order valence-corrected chi connectivity index (χ0v) is 10.2. The molecule has 0 aromatic carbocycles. The quantitative estimate of drug-likeness (QED) is 0.711. The summed E-state index contributed by atoms with van der Waals surface area (Å²) in [5, 5.41) is 9.24. The third-order valence-electron chi connectivity index (χ3n) is 3.31. The number of hydrogen-bond acceptors (Lipinski definition) is 2. The fraction of sp³-hybridized carbons (Fsp3) is 0.769. The molecular formula is C13H22O2. The van der Waals surface area contributed by atoms with Gasteiger partial charge in [0.25, 0.3) is 0 Å². The van der Waals surface area contributed by atoms with Crippen molar-refractivity contribution < 1.29 is 9.90 Å². The van der Waals surface area contributed by atoms with Crippen LogP contribution in [0.25, 0.3) is 0 Å². The second kappa shape index (κ2) is 4.48. The van der Waals surface area contributed by atoms with Crippen molar-refractivity contribution in [3.05, 3.63) is 12.2 Å². The van der Waals surface area contributed by atoms with Gasteiger partial charge < -0.3 is 5.11 Å². The van der Waals surface area contributed by atoms with Crippen molar-refractivity contribution in [2.75, 3.05) is 0 Å². The highest BCUT2D eigenvalue weighted by Gasteiger charge is 2.38. The van der Waals surface area contributed by atoms with Gasteiger partial charge in [-0.15, -0.1) is 0 Å². The van der Waals surface area contributed by atoms with E-state index in [1.165, 1.54) is 0 Å². The Balaban J connectivity index is 2.80. The molecule has 1 saturated carbocycles. The summed E-state index contributed by atoms with van der Waals surface area (Å²) in [6, 6.07) is 0. The van der Waals surface area contributed by atoms with E-state index in [-0.39, 0.29) is 5.41 Å². The van der Waals surface area contributed by atoms with Crippen molar-refractivity contribution in [3.63, 3.8) is 0 Å². The number of ketones is 1. The molecule has 2 heteroatoms. The van der Waals surface area contributed by atoms with Crippen LogP contribution in [0.2, 0.25) is 0 Å². The highest BCUT2D eigenvalue weighted by molar-refractivity contribution is 5.80. The van der Waals surface area contributed by atoms with Crippen LogP contribution in [0.15, 0.2) is 12.2 Å². The summed E-state index contributed by atoms with van der Waals surface area (Å²) in [5.41, 5.74) is 0.0279. The number of Topliss-reactive ketones (excluding diaryl/α,β-unsaturated/α-hetero) is 1. The fourth-order valence-electron chi connectivity index (χ4n) is 2.69. The Bertz CT molecular complexity index is 264. The van der Waals surface area contributed by atoms with Crippen molar-refractivity contribution in [1.82, 2.24) is 0 Å². The van der Waals surface area contributed by atoms with Gasteiger partial charge in [-0.1, -0.05) is 32.9 Å². The van der Waals surface area contributed by atoms with Crippen LogP contribution in [0.4, 0.5) is 0 Å². The van der Waals surface area contributed by atoms with Crippen LogP contribution >= 0.6 is 0 Å². The molecule has 0 amide bonds. The second-order valence-electron chi connectivity index (χ2n) is 5.54. The summed E-state index contributed by atoms with van der Waals surface area (Å²) in [6.07, 6.45) is 4.86. The highest BCUT2D eigenvalue weighted by Crippen LogP contribution is 2.43. The molecule has 0 radical (unpaired) electrons. The van der Waals surface area contributed by atoms with Gasteiger partial charge in [-0.05, 0) is 24.2 Å². The van der Waals surface area contributed by atoms with E-state index < -0.39 is 6.10 Å². The zero-order valence-electron chi connectivity index (χ0n) is 10.2. The van der Waals surface area contributed by atoms with E-state index in [1.807, 2.05) is 6.08 Å². The molecule has 2 nitrogen and oxygen atoms in total. The molecule has 0 unspecified atom stereocenters. The Morgan fingerprint density at radius 3 is 2.60 bits per heavy atom. The molecule has 0 bridgehead atoms. The lowest BCUT2D eigenvalue weighted by atomic mass is 9.63. The number of carbonyl (C=O) groups excluding carboxylic acids is 1. The summed E-state index contributed by atoms with van der Waals surface area (Å²) in [4.78, 5) is 11.5. The van der Waals surface area contributed by atoms with Gasteiger partial charge in [0.05, 0.1) is 6.10 Å². The van der Waals surface area contributed by atoms with Gasteiger partial charge in [0.15, 0.2) is 0 Å². The van der Waals surface area contributed by atoms with Crippen molar-refractivity contribution >= 4 is 5.78 Å². The van der Waals surface area contributed by atoms with E-state index in [1.54, 1.807) is 6.92 Å². The standard InChI is InChI=1S/C13H22O2/c1-9-7-11(15)8-13(3,4)12(9)6-5-10(2)14/h5-6,9-10,12,14H,7-8H2,1-4H3/b6-5+/t9-,10+,12-/m0/s1. The van der Waals surface area contributed by atoms with Crippen LogP contribution in [0.3, 0.4) is 0 Å². The Hall–Kier alpha value is -0.630. The summed E-state index contributed by atoms with van der Waals surface area (Å²) in [5.74, 6) is 1.15. The summed E-state index contributed by atoms with van der Waals surface area (Å²) < 4.78 is 0. The predicted octanol–water partition coefficient (Wildman–Crippen LogP) is 2.56. The molecule has 0 heterocycles. The van der Waals surface area contributed by atoms with Crippen LogP contribution in [-0.2, 0) is 4.79 Å². The number of aliphatic hydroxyl groups is 1. The lowest BCUT2D eigenvalue weighted by Crippen LogP contribution is -2.36. The first-order valence-electron chi connectivity index (χ1n) is 5.71. The number of allylic oxidation sites excluding steroid dienone is 1. The molecule has 1 aliphatic carbocycles. The van der Waals surface area contributed by atoms with Gasteiger partial charge in [0, 0.05) is 12.8 Å². The minimum absolute atomic E-state index is 0.0279. The lowest BCUT2D eigenvalue weighted by Gasteiger charge is -2.40. The summed E-state index contributed by atoms with van der Waals surface area (Å²) in [7, 11) is 0. The first kappa shape index (κ1) is 12.4. The van der Waals surface area contributed by atoms with Crippen LogP contribution < -0.4 is 0 Å². The number of carbonyl (C=O) groups is 1. The monoisotopic (exact) mass is 210 g/mol. The maximum atomic E-state index is 11.5. The third-order valence-corrected chi connectivity index (χ3v) is 3.31. The molecule has 0 aromatic rings. The van der Waals surface area contributed by atoms with E-state index in [0.29, 0.717) is 30.5 Å². The molecule has 3 atom stereocenters. The molecule has 0 aromatic heterocycles. The molecule has 0 aliphatic heterocycles. The van der Waals surface area contributed by atoms with Gasteiger partial charge in [-0.3, -0.25) is 4.79 Å². The smallest absolute Gasteiger partial charge is 0.133 e. The molecular weight excluding hydrogens is 188 g/mol. The Kier molecular flexibility index (Phi) is 3.72. The number of hydrogen-bond donors (Lipinski definition) is 1. The predicted molar refractivity (Wildman–Crippen MR) is 61.5 cm³/mol. The normalized spacial score (nSPS) is 33.3. The maximum Gasteiger partial charge on any atom is 0.133 e. The van der Waals surface area contributed by atoms with Gasteiger partial charge in [-0.25, -0.2) is 0 Å². The maximum absolute atomic E-state index is 11.5. The SMILES string of the molecule is C[C@@H](O)/C=C/[C@H]1[C@@H](C)CC(=O)CC1(C)C. The van der Waals surface area contributed by atoms with E-state index in [0.717, 1.165) is 0 Å². The first-order chi connectivity index (χ1) is 6.83. The van der Waals surface area contributed by atoms with Gasteiger partial charge >= 0.3 is 0 Å². The third kappa shape index (κ3) is 3.16. The molecule has 86 valence electrons. The molecule has 1 aliphatic rings. The molecule has 0 saturated heterocycles. The minimum Gasteiger partial charge on any atom is -0.389 e. The van der Waals surface area contributed by atoms with E-state index in [2.05, 4.69) is 26.8 Å².